The second-order valence-electron chi connectivity index (χ2n) is 4.79. The van der Waals surface area contributed by atoms with Crippen molar-refractivity contribution >= 4 is 11.7 Å². The highest BCUT2D eigenvalue weighted by molar-refractivity contribution is 5.89. The maximum absolute atomic E-state index is 11.8. The number of hydrogen-bond acceptors (Lipinski definition) is 3. The molecule has 5 heteroatoms. The number of anilines is 1. The summed E-state index contributed by atoms with van der Waals surface area (Å²) in [5, 5.41) is 21.0. The topological polar surface area (TPSA) is 76.4 Å². The Morgan fingerprint density at radius 3 is 2.78 bits per heavy atom. The number of amides is 2. The van der Waals surface area contributed by atoms with E-state index in [1.807, 2.05) is 6.07 Å². The normalized spacial score (nSPS) is 10.6. The summed E-state index contributed by atoms with van der Waals surface area (Å²) < 4.78 is 0. The molecule has 0 saturated heterocycles. The summed E-state index contributed by atoms with van der Waals surface area (Å²) in [6.07, 6.45) is 0. The molecule has 0 aliphatic rings. The number of urea groups is 1. The molecule has 0 heterocycles. The van der Waals surface area contributed by atoms with Crippen molar-refractivity contribution in [3.05, 3.63) is 29.8 Å². The van der Waals surface area contributed by atoms with Crippen LogP contribution in [0.3, 0.4) is 0 Å². The van der Waals surface area contributed by atoms with E-state index in [-0.39, 0.29) is 12.6 Å². The van der Waals surface area contributed by atoms with Gasteiger partial charge in [-0.15, -0.1) is 0 Å². The molecule has 0 bridgehead atoms. The zero-order chi connectivity index (χ0) is 13.8. The van der Waals surface area contributed by atoms with Crippen molar-refractivity contribution in [2.24, 2.45) is 0 Å². The van der Waals surface area contributed by atoms with Gasteiger partial charge in [-0.3, -0.25) is 0 Å². The molecule has 0 fully saturated rings. The molecular weight excluding hydrogens is 230 g/mol. The van der Waals surface area contributed by atoms with Gasteiger partial charge in [-0.2, -0.15) is 5.26 Å². The van der Waals surface area contributed by atoms with Crippen LogP contribution in [0.5, 0.6) is 0 Å². The molecule has 0 aliphatic carbocycles. The quantitative estimate of drug-likeness (QED) is 0.855. The van der Waals surface area contributed by atoms with E-state index in [1.165, 1.54) is 4.90 Å². The Balaban J connectivity index is 2.67. The largest absolute Gasteiger partial charge is 0.389 e. The summed E-state index contributed by atoms with van der Waals surface area (Å²) in [6.45, 7) is 3.48. The molecule has 0 saturated carbocycles. The smallest absolute Gasteiger partial charge is 0.321 e. The molecule has 0 spiro atoms. The molecule has 0 aliphatic heterocycles. The van der Waals surface area contributed by atoms with Gasteiger partial charge in [0.2, 0.25) is 0 Å². The average Bonchev–Trinajstić information content (AvgIpc) is 2.27. The number of likely N-dealkylation sites (N-methyl/N-ethyl adjacent to an activating group) is 1. The molecule has 2 amide bonds. The maximum Gasteiger partial charge on any atom is 0.321 e. The van der Waals surface area contributed by atoms with Crippen LogP contribution >= 0.6 is 0 Å². The molecule has 1 aromatic rings. The fraction of sp³-hybridized carbons (Fsp3) is 0.385. The third kappa shape index (κ3) is 4.44. The highest BCUT2D eigenvalue weighted by Crippen LogP contribution is 2.11. The Morgan fingerprint density at radius 1 is 1.56 bits per heavy atom. The number of nitriles is 1. The summed E-state index contributed by atoms with van der Waals surface area (Å²) >= 11 is 0. The Hall–Kier alpha value is -2.06. The van der Waals surface area contributed by atoms with E-state index in [9.17, 15) is 9.90 Å². The van der Waals surface area contributed by atoms with Crippen molar-refractivity contribution in [2.75, 3.05) is 18.9 Å². The first-order chi connectivity index (χ1) is 8.31. The minimum atomic E-state index is -0.944. The van der Waals surface area contributed by atoms with Crippen LogP contribution in [0.2, 0.25) is 0 Å². The zero-order valence-corrected chi connectivity index (χ0v) is 10.8. The van der Waals surface area contributed by atoms with Gasteiger partial charge in [-0.05, 0) is 32.0 Å². The fourth-order valence-electron chi connectivity index (χ4n) is 1.54. The monoisotopic (exact) mass is 247 g/mol. The van der Waals surface area contributed by atoms with E-state index in [0.717, 1.165) is 0 Å². The molecule has 18 heavy (non-hydrogen) atoms. The lowest BCUT2D eigenvalue weighted by atomic mass is 10.1. The number of aliphatic hydroxyl groups is 1. The summed E-state index contributed by atoms with van der Waals surface area (Å²) in [5.74, 6) is 0. The molecule has 0 atom stereocenters. The van der Waals surface area contributed by atoms with E-state index in [0.29, 0.717) is 11.3 Å². The van der Waals surface area contributed by atoms with Crippen molar-refractivity contribution in [3.8, 4) is 6.07 Å². The van der Waals surface area contributed by atoms with Crippen molar-refractivity contribution in [1.29, 1.82) is 5.26 Å². The number of carbonyl (C=O) groups is 1. The molecule has 0 radical (unpaired) electrons. The van der Waals surface area contributed by atoms with E-state index in [1.54, 1.807) is 45.2 Å². The van der Waals surface area contributed by atoms with Crippen LogP contribution in [0.4, 0.5) is 10.5 Å². The maximum atomic E-state index is 11.8. The number of nitrogens with one attached hydrogen (secondary N) is 1. The fourth-order valence-corrected chi connectivity index (χ4v) is 1.54. The summed E-state index contributed by atoms with van der Waals surface area (Å²) in [4.78, 5) is 13.2. The van der Waals surface area contributed by atoms with Gasteiger partial charge in [0.1, 0.15) is 0 Å². The van der Waals surface area contributed by atoms with Gasteiger partial charge in [0.05, 0.1) is 23.8 Å². The van der Waals surface area contributed by atoms with Gasteiger partial charge in [0.25, 0.3) is 0 Å². The lowest BCUT2D eigenvalue weighted by Crippen LogP contribution is -2.41. The minimum Gasteiger partial charge on any atom is -0.389 e. The Kier molecular flexibility index (Phi) is 4.29. The minimum absolute atomic E-state index is 0.219. The second kappa shape index (κ2) is 5.52. The van der Waals surface area contributed by atoms with Crippen molar-refractivity contribution < 1.29 is 9.90 Å². The van der Waals surface area contributed by atoms with E-state index >= 15 is 0 Å². The van der Waals surface area contributed by atoms with Gasteiger partial charge in [-0.1, -0.05) is 6.07 Å². The first kappa shape index (κ1) is 14.0. The Labute approximate surface area is 107 Å². The first-order valence-corrected chi connectivity index (χ1v) is 5.56. The first-order valence-electron chi connectivity index (χ1n) is 5.56. The van der Waals surface area contributed by atoms with Gasteiger partial charge in [0.15, 0.2) is 0 Å². The van der Waals surface area contributed by atoms with Crippen molar-refractivity contribution in [3.63, 3.8) is 0 Å². The third-order valence-corrected chi connectivity index (χ3v) is 2.21. The van der Waals surface area contributed by atoms with Gasteiger partial charge in [-0.25, -0.2) is 4.79 Å². The van der Waals surface area contributed by atoms with Crippen molar-refractivity contribution in [1.82, 2.24) is 4.90 Å². The number of benzene rings is 1. The van der Waals surface area contributed by atoms with Crippen LogP contribution in [-0.4, -0.2) is 35.2 Å². The summed E-state index contributed by atoms with van der Waals surface area (Å²) in [6, 6.07) is 8.34. The Bertz CT molecular complexity index is 472. The lowest BCUT2D eigenvalue weighted by molar-refractivity contribution is 0.0550. The van der Waals surface area contributed by atoms with E-state index in [4.69, 9.17) is 5.26 Å². The highest BCUT2D eigenvalue weighted by Gasteiger charge is 2.19. The predicted octanol–water partition coefficient (Wildman–Crippen LogP) is 1.79. The van der Waals surface area contributed by atoms with Gasteiger partial charge in [0, 0.05) is 12.7 Å². The molecule has 5 nitrogen and oxygen atoms in total. The van der Waals surface area contributed by atoms with Crippen LogP contribution in [-0.2, 0) is 0 Å². The molecule has 1 rings (SSSR count). The zero-order valence-electron chi connectivity index (χ0n) is 10.8. The SMILES string of the molecule is CN(CC(C)(C)O)C(=O)Nc1cccc(C#N)c1. The molecule has 96 valence electrons. The molecule has 2 N–H and O–H groups in total. The number of hydrogen-bond donors (Lipinski definition) is 2. The van der Waals surface area contributed by atoms with Crippen LogP contribution in [0.25, 0.3) is 0 Å². The van der Waals surface area contributed by atoms with Gasteiger partial charge >= 0.3 is 6.03 Å². The average molecular weight is 247 g/mol. The van der Waals surface area contributed by atoms with Crippen LogP contribution in [0.1, 0.15) is 19.4 Å². The summed E-state index contributed by atoms with van der Waals surface area (Å²) in [5.41, 5.74) is 0.0974. The standard InChI is InChI=1S/C13H17N3O2/c1-13(2,18)9-16(3)12(17)15-11-6-4-5-10(7-11)8-14/h4-7,18H,9H2,1-3H3,(H,15,17). The number of carbonyl (C=O) groups excluding carboxylic acids is 1. The van der Waals surface area contributed by atoms with E-state index in [2.05, 4.69) is 5.32 Å². The van der Waals surface area contributed by atoms with Crippen LogP contribution in [0, 0.1) is 11.3 Å². The van der Waals surface area contributed by atoms with Crippen LogP contribution in [0.15, 0.2) is 24.3 Å². The molecule has 1 aromatic carbocycles. The molecular formula is C13H17N3O2. The Morgan fingerprint density at radius 2 is 2.22 bits per heavy atom. The third-order valence-electron chi connectivity index (χ3n) is 2.21. The van der Waals surface area contributed by atoms with Crippen LogP contribution < -0.4 is 5.32 Å². The highest BCUT2D eigenvalue weighted by atomic mass is 16.3. The number of rotatable bonds is 3. The number of nitrogens with zero attached hydrogens (tertiary/aromatic N) is 2. The predicted molar refractivity (Wildman–Crippen MR) is 69.1 cm³/mol. The molecule has 0 aromatic heterocycles. The second-order valence-corrected chi connectivity index (χ2v) is 4.79. The molecule has 0 unspecified atom stereocenters. The lowest BCUT2D eigenvalue weighted by Gasteiger charge is -2.25. The van der Waals surface area contributed by atoms with Gasteiger partial charge < -0.3 is 15.3 Å². The summed E-state index contributed by atoms with van der Waals surface area (Å²) in [7, 11) is 1.60. The van der Waals surface area contributed by atoms with Crippen molar-refractivity contribution in [2.45, 2.75) is 19.4 Å². The van der Waals surface area contributed by atoms with E-state index < -0.39 is 5.60 Å².